The number of fused-ring (bicyclic) bond motifs is 1. The number of esters is 1. The molecule has 1 N–H and O–H groups in total. The molecule has 1 aromatic carbocycles. The Hall–Kier alpha value is -1.35. The van der Waals surface area contributed by atoms with E-state index in [1.807, 2.05) is 0 Å². The highest BCUT2D eigenvalue weighted by Crippen LogP contribution is 2.34. The molecule has 96 valence electrons. The number of rotatable bonds is 4. The lowest BCUT2D eigenvalue weighted by Crippen LogP contribution is -2.45. The molecule has 3 heteroatoms. The van der Waals surface area contributed by atoms with E-state index in [4.69, 9.17) is 4.74 Å². The van der Waals surface area contributed by atoms with Crippen molar-refractivity contribution in [2.45, 2.75) is 37.8 Å². The van der Waals surface area contributed by atoms with E-state index < -0.39 is 0 Å². The summed E-state index contributed by atoms with van der Waals surface area (Å²) in [6, 6.07) is 8.81. The molecule has 1 atom stereocenters. The minimum atomic E-state index is -0.103. The number of carbonyl (C=O) groups is 1. The summed E-state index contributed by atoms with van der Waals surface area (Å²) in [5.41, 5.74) is 2.82. The predicted octanol–water partition coefficient (Wildman–Crippen LogP) is 1.69. The first-order valence-corrected chi connectivity index (χ1v) is 6.68. The maximum Gasteiger partial charge on any atom is 0.323 e. The van der Waals surface area contributed by atoms with Gasteiger partial charge >= 0.3 is 5.97 Å². The molecule has 0 radical (unpaired) electrons. The monoisotopic (exact) mass is 245 g/mol. The van der Waals surface area contributed by atoms with Crippen molar-refractivity contribution < 1.29 is 9.53 Å². The summed E-state index contributed by atoms with van der Waals surface area (Å²) in [5, 5.41) is 3.50. The third-order valence-corrected chi connectivity index (χ3v) is 4.01. The number of carbonyl (C=O) groups excluding carboxylic acids is 1. The maximum absolute atomic E-state index is 11.8. The van der Waals surface area contributed by atoms with Crippen molar-refractivity contribution in [2.24, 2.45) is 5.92 Å². The SMILES string of the molecule is COC(=O)C(NC1Cc2ccccc2C1)C1CC1. The second-order valence-corrected chi connectivity index (χ2v) is 5.38. The van der Waals surface area contributed by atoms with Crippen LogP contribution in [0.2, 0.25) is 0 Å². The van der Waals surface area contributed by atoms with Crippen molar-refractivity contribution in [2.75, 3.05) is 7.11 Å². The van der Waals surface area contributed by atoms with Gasteiger partial charge in [-0.05, 0) is 42.7 Å². The van der Waals surface area contributed by atoms with Crippen LogP contribution < -0.4 is 5.32 Å². The minimum absolute atomic E-state index is 0.102. The zero-order valence-electron chi connectivity index (χ0n) is 10.7. The van der Waals surface area contributed by atoms with Gasteiger partial charge in [-0.1, -0.05) is 24.3 Å². The van der Waals surface area contributed by atoms with Crippen molar-refractivity contribution in [3.05, 3.63) is 35.4 Å². The molecule has 1 unspecified atom stereocenters. The van der Waals surface area contributed by atoms with Gasteiger partial charge in [-0.15, -0.1) is 0 Å². The number of methoxy groups -OCH3 is 1. The molecule has 0 aliphatic heterocycles. The molecule has 1 aromatic rings. The number of benzene rings is 1. The van der Waals surface area contributed by atoms with Gasteiger partial charge in [0, 0.05) is 6.04 Å². The number of ether oxygens (including phenoxy) is 1. The molecule has 0 bridgehead atoms. The van der Waals surface area contributed by atoms with Crippen LogP contribution in [0.15, 0.2) is 24.3 Å². The molecule has 2 aliphatic rings. The summed E-state index contributed by atoms with van der Waals surface area (Å²) in [6.07, 6.45) is 4.34. The quantitative estimate of drug-likeness (QED) is 0.820. The number of hydrogen-bond acceptors (Lipinski definition) is 3. The van der Waals surface area contributed by atoms with Crippen LogP contribution in [0, 0.1) is 5.92 Å². The van der Waals surface area contributed by atoms with Crippen molar-refractivity contribution in [3.63, 3.8) is 0 Å². The van der Waals surface area contributed by atoms with Crippen molar-refractivity contribution >= 4 is 5.97 Å². The van der Waals surface area contributed by atoms with E-state index in [0.29, 0.717) is 12.0 Å². The van der Waals surface area contributed by atoms with Crippen LogP contribution in [0.1, 0.15) is 24.0 Å². The van der Waals surface area contributed by atoms with Crippen LogP contribution in [0.25, 0.3) is 0 Å². The van der Waals surface area contributed by atoms with E-state index in [1.165, 1.54) is 18.2 Å². The summed E-state index contributed by atoms with van der Waals surface area (Å²) >= 11 is 0. The molecule has 3 nitrogen and oxygen atoms in total. The van der Waals surface area contributed by atoms with Crippen molar-refractivity contribution in [1.82, 2.24) is 5.32 Å². The predicted molar refractivity (Wildman–Crippen MR) is 69.3 cm³/mol. The van der Waals surface area contributed by atoms with Gasteiger partial charge in [0.15, 0.2) is 0 Å². The molecule has 0 aromatic heterocycles. The minimum Gasteiger partial charge on any atom is -0.468 e. The summed E-state index contributed by atoms with van der Waals surface area (Å²) in [7, 11) is 1.47. The smallest absolute Gasteiger partial charge is 0.323 e. The van der Waals surface area contributed by atoms with Gasteiger partial charge in [-0.25, -0.2) is 0 Å². The standard InChI is InChI=1S/C15H19NO2/c1-18-15(17)14(10-6-7-10)16-13-8-11-4-2-3-5-12(11)9-13/h2-5,10,13-14,16H,6-9H2,1H3. The molecule has 0 heterocycles. The van der Waals surface area contributed by atoms with Gasteiger partial charge in [-0.3, -0.25) is 4.79 Å². The Bertz CT molecular complexity index is 429. The van der Waals surface area contributed by atoms with Crippen molar-refractivity contribution in [1.29, 1.82) is 0 Å². The Morgan fingerprint density at radius 3 is 2.39 bits per heavy atom. The molecule has 0 spiro atoms. The van der Waals surface area contributed by atoms with Crippen LogP contribution in [0.3, 0.4) is 0 Å². The summed E-state index contributed by atoms with van der Waals surface area (Å²) in [6.45, 7) is 0. The van der Waals surface area contributed by atoms with Crippen LogP contribution in [0.4, 0.5) is 0 Å². The van der Waals surface area contributed by atoms with E-state index in [2.05, 4.69) is 29.6 Å². The molecule has 1 fully saturated rings. The first-order chi connectivity index (χ1) is 8.78. The Kier molecular flexibility index (Phi) is 3.08. The molecular formula is C15H19NO2. The second-order valence-electron chi connectivity index (χ2n) is 5.38. The topological polar surface area (TPSA) is 38.3 Å². The molecular weight excluding hydrogens is 226 g/mol. The highest BCUT2D eigenvalue weighted by atomic mass is 16.5. The molecule has 0 saturated heterocycles. The summed E-state index contributed by atoms with van der Waals surface area (Å²) in [5.74, 6) is 0.384. The van der Waals surface area contributed by atoms with E-state index >= 15 is 0 Å². The van der Waals surface area contributed by atoms with E-state index in [9.17, 15) is 4.79 Å². The molecule has 18 heavy (non-hydrogen) atoms. The van der Waals surface area contributed by atoms with Gasteiger partial charge in [0.25, 0.3) is 0 Å². The normalized spacial score (nSPS) is 20.5. The first-order valence-electron chi connectivity index (χ1n) is 6.68. The third kappa shape index (κ3) is 2.27. The lowest BCUT2D eigenvalue weighted by atomic mass is 10.1. The summed E-state index contributed by atoms with van der Waals surface area (Å²) in [4.78, 5) is 11.8. The number of nitrogens with one attached hydrogen (secondary N) is 1. The summed E-state index contributed by atoms with van der Waals surface area (Å²) < 4.78 is 4.90. The first kappa shape index (κ1) is 11.7. The Balaban J connectivity index is 1.65. The Labute approximate surface area is 108 Å². The van der Waals surface area contributed by atoms with Gasteiger partial charge in [0.05, 0.1) is 7.11 Å². The lowest BCUT2D eigenvalue weighted by Gasteiger charge is -2.20. The van der Waals surface area contributed by atoms with Gasteiger partial charge in [0.1, 0.15) is 6.04 Å². The van der Waals surface area contributed by atoms with Crippen molar-refractivity contribution in [3.8, 4) is 0 Å². The van der Waals surface area contributed by atoms with Crippen LogP contribution >= 0.6 is 0 Å². The largest absolute Gasteiger partial charge is 0.468 e. The molecule has 0 amide bonds. The Morgan fingerprint density at radius 1 is 1.28 bits per heavy atom. The van der Waals surface area contributed by atoms with E-state index in [-0.39, 0.29) is 12.0 Å². The average molecular weight is 245 g/mol. The average Bonchev–Trinajstić information content (AvgIpc) is 3.14. The van der Waals surface area contributed by atoms with Crippen LogP contribution in [-0.2, 0) is 22.4 Å². The van der Waals surface area contributed by atoms with Crippen LogP contribution in [-0.4, -0.2) is 25.2 Å². The Morgan fingerprint density at radius 2 is 1.89 bits per heavy atom. The second kappa shape index (κ2) is 4.73. The highest BCUT2D eigenvalue weighted by Gasteiger charge is 2.38. The zero-order chi connectivity index (χ0) is 12.5. The number of hydrogen-bond donors (Lipinski definition) is 1. The molecule has 1 saturated carbocycles. The van der Waals surface area contributed by atoms with Gasteiger partial charge in [0.2, 0.25) is 0 Å². The van der Waals surface area contributed by atoms with Crippen LogP contribution in [0.5, 0.6) is 0 Å². The zero-order valence-corrected chi connectivity index (χ0v) is 10.7. The van der Waals surface area contributed by atoms with E-state index in [1.54, 1.807) is 0 Å². The molecule has 3 rings (SSSR count). The van der Waals surface area contributed by atoms with Gasteiger partial charge < -0.3 is 10.1 Å². The van der Waals surface area contributed by atoms with E-state index in [0.717, 1.165) is 25.7 Å². The highest BCUT2D eigenvalue weighted by molar-refractivity contribution is 5.76. The fourth-order valence-corrected chi connectivity index (χ4v) is 2.88. The molecule has 2 aliphatic carbocycles. The maximum atomic E-state index is 11.8. The fraction of sp³-hybridized carbons (Fsp3) is 0.533. The lowest BCUT2D eigenvalue weighted by molar-refractivity contribution is -0.144. The third-order valence-electron chi connectivity index (χ3n) is 4.01. The van der Waals surface area contributed by atoms with Gasteiger partial charge in [-0.2, -0.15) is 0 Å². The fourth-order valence-electron chi connectivity index (χ4n) is 2.88.